The number of amides is 3. The highest BCUT2D eigenvalue weighted by molar-refractivity contribution is 8.00. The first-order valence-corrected chi connectivity index (χ1v) is 10.6. The van der Waals surface area contributed by atoms with Crippen LogP contribution in [0.15, 0.2) is 65.0 Å². The molecule has 5 rings (SSSR count). The molecule has 0 saturated carbocycles. The Hall–Kier alpha value is -3.99. The second-order valence-electron chi connectivity index (χ2n) is 7.14. The van der Waals surface area contributed by atoms with Crippen LogP contribution in [0.3, 0.4) is 0 Å². The van der Waals surface area contributed by atoms with Gasteiger partial charge >= 0.3 is 5.97 Å². The van der Waals surface area contributed by atoms with E-state index < -0.39 is 35.1 Å². The zero-order chi connectivity index (χ0) is 22.4. The van der Waals surface area contributed by atoms with Gasteiger partial charge in [0, 0.05) is 17.5 Å². The predicted octanol–water partition coefficient (Wildman–Crippen LogP) is 1.40. The number of carbonyl (C=O) groups is 4. The molecule has 0 bridgehead atoms. The van der Waals surface area contributed by atoms with E-state index in [1.807, 2.05) is 0 Å². The van der Waals surface area contributed by atoms with Crippen LogP contribution in [0, 0.1) is 0 Å². The van der Waals surface area contributed by atoms with E-state index in [-0.39, 0.29) is 22.6 Å². The second-order valence-corrected chi connectivity index (χ2v) is 8.25. The zero-order valence-electron chi connectivity index (χ0n) is 16.3. The first kappa shape index (κ1) is 19.9. The number of imide groups is 1. The number of carbonyl (C=O) groups excluding carboxylic acids is 3. The number of carboxylic acid groups (broad SMARTS) is 1. The third-order valence-electron chi connectivity index (χ3n) is 5.34. The first-order chi connectivity index (χ1) is 15.5. The van der Waals surface area contributed by atoms with Crippen LogP contribution < -0.4 is 5.43 Å². The van der Waals surface area contributed by atoms with Crippen molar-refractivity contribution in [2.45, 2.75) is 11.4 Å². The van der Waals surface area contributed by atoms with E-state index in [0.717, 1.165) is 9.80 Å². The van der Waals surface area contributed by atoms with Gasteiger partial charge in [-0.2, -0.15) is 5.10 Å². The normalized spacial score (nSPS) is 22.2. The standard InChI is InChI=1S/C21H15N5O5S/c27-17-12-5-1-2-6-13(12)18(28)25(17)16-19(29)26-15(21(30)31)11(10-32-20(16)26)9-23-24-14-7-3-4-8-22-14/h1-9,16,20H,10H2,(H,22,24)(H,30,31)/b23-9+/t16?,20-/m1/s1. The summed E-state index contributed by atoms with van der Waals surface area (Å²) in [4.78, 5) is 56.6. The first-order valence-electron chi connectivity index (χ1n) is 9.57. The quantitative estimate of drug-likeness (QED) is 0.303. The summed E-state index contributed by atoms with van der Waals surface area (Å²) in [7, 11) is 0. The zero-order valence-corrected chi connectivity index (χ0v) is 17.2. The lowest BCUT2D eigenvalue weighted by atomic mass is 10.0. The number of benzene rings is 1. The number of anilines is 1. The van der Waals surface area contributed by atoms with Crippen LogP contribution in [-0.4, -0.2) is 67.0 Å². The largest absolute Gasteiger partial charge is 0.477 e. The summed E-state index contributed by atoms with van der Waals surface area (Å²) >= 11 is 1.27. The molecular weight excluding hydrogens is 434 g/mol. The Morgan fingerprint density at radius 3 is 2.41 bits per heavy atom. The number of carboxylic acids is 1. The average Bonchev–Trinajstić information content (AvgIpc) is 3.05. The molecule has 1 unspecified atom stereocenters. The van der Waals surface area contributed by atoms with Gasteiger partial charge in [0.2, 0.25) is 0 Å². The van der Waals surface area contributed by atoms with Gasteiger partial charge in [0.05, 0.1) is 17.3 Å². The number of fused-ring (bicyclic) bond motifs is 2. The number of aliphatic carboxylic acids is 1. The van der Waals surface area contributed by atoms with E-state index in [9.17, 15) is 24.3 Å². The molecular formula is C21H15N5O5S. The molecule has 1 fully saturated rings. The maximum atomic E-state index is 13.0. The molecule has 11 heteroatoms. The molecule has 2 N–H and O–H groups in total. The third-order valence-corrected chi connectivity index (χ3v) is 6.63. The SMILES string of the molecule is O=C(O)C1=C(/C=N/Nc2ccccn2)CS[C@@H]2C(N3C(=O)c4ccccc4C3=O)C(=O)N12. The summed E-state index contributed by atoms with van der Waals surface area (Å²) in [5.74, 6) is -2.27. The van der Waals surface area contributed by atoms with E-state index in [2.05, 4.69) is 15.5 Å². The van der Waals surface area contributed by atoms with Crippen LogP contribution in [0.4, 0.5) is 5.82 Å². The minimum absolute atomic E-state index is 0.210. The lowest BCUT2D eigenvalue weighted by molar-refractivity contribution is -0.151. The fourth-order valence-corrected chi connectivity index (χ4v) is 5.23. The number of nitrogens with zero attached hydrogens (tertiary/aromatic N) is 4. The van der Waals surface area contributed by atoms with Gasteiger partial charge in [-0.3, -0.25) is 29.6 Å². The topological polar surface area (TPSA) is 132 Å². The molecule has 1 aromatic heterocycles. The van der Waals surface area contributed by atoms with Crippen molar-refractivity contribution in [2.24, 2.45) is 5.10 Å². The number of aromatic nitrogens is 1. The van der Waals surface area contributed by atoms with Crippen molar-refractivity contribution in [3.63, 3.8) is 0 Å². The lowest BCUT2D eigenvalue weighted by Gasteiger charge is -2.51. The fourth-order valence-electron chi connectivity index (χ4n) is 3.89. The molecule has 10 nitrogen and oxygen atoms in total. The molecule has 160 valence electrons. The molecule has 1 saturated heterocycles. The Labute approximate surface area is 185 Å². The smallest absolute Gasteiger partial charge is 0.353 e. The molecule has 0 spiro atoms. The summed E-state index contributed by atoms with van der Waals surface area (Å²) < 4.78 is 0. The molecule has 3 aliphatic heterocycles. The van der Waals surface area contributed by atoms with Crippen molar-refractivity contribution in [1.29, 1.82) is 0 Å². The van der Waals surface area contributed by atoms with Crippen LogP contribution in [0.25, 0.3) is 0 Å². The van der Waals surface area contributed by atoms with Gasteiger partial charge in [-0.15, -0.1) is 11.8 Å². The summed E-state index contributed by atoms with van der Waals surface area (Å²) in [6.45, 7) is 0. The third kappa shape index (κ3) is 2.97. The van der Waals surface area contributed by atoms with Gasteiger partial charge in [-0.1, -0.05) is 18.2 Å². The van der Waals surface area contributed by atoms with Gasteiger partial charge in [0.15, 0.2) is 0 Å². The summed E-state index contributed by atoms with van der Waals surface area (Å²) in [6, 6.07) is 10.5. The van der Waals surface area contributed by atoms with E-state index in [4.69, 9.17) is 0 Å². The van der Waals surface area contributed by atoms with Gasteiger partial charge in [0.1, 0.15) is 22.9 Å². The number of pyridine rings is 1. The van der Waals surface area contributed by atoms with Crippen LogP contribution in [0.2, 0.25) is 0 Å². The number of nitrogens with one attached hydrogen (secondary N) is 1. The predicted molar refractivity (Wildman–Crippen MR) is 115 cm³/mol. The highest BCUT2D eigenvalue weighted by atomic mass is 32.2. The minimum Gasteiger partial charge on any atom is -0.477 e. The molecule has 4 heterocycles. The fraction of sp³-hybridized carbons (Fsp3) is 0.143. The van der Waals surface area contributed by atoms with Gasteiger partial charge in [0.25, 0.3) is 17.7 Å². The lowest BCUT2D eigenvalue weighted by Crippen LogP contribution is -2.71. The minimum atomic E-state index is -1.29. The van der Waals surface area contributed by atoms with Crippen molar-refractivity contribution in [3.05, 3.63) is 71.1 Å². The highest BCUT2D eigenvalue weighted by Crippen LogP contribution is 2.44. The number of hydrazone groups is 1. The number of hydrogen-bond donors (Lipinski definition) is 2. The molecule has 1 aromatic carbocycles. The number of hydrogen-bond acceptors (Lipinski definition) is 8. The van der Waals surface area contributed by atoms with Crippen molar-refractivity contribution in [1.82, 2.24) is 14.8 Å². The van der Waals surface area contributed by atoms with Crippen LogP contribution >= 0.6 is 11.8 Å². The Morgan fingerprint density at radius 2 is 1.78 bits per heavy atom. The van der Waals surface area contributed by atoms with Crippen molar-refractivity contribution in [2.75, 3.05) is 11.2 Å². The van der Waals surface area contributed by atoms with Gasteiger partial charge < -0.3 is 5.11 Å². The molecule has 2 aromatic rings. The van der Waals surface area contributed by atoms with Gasteiger partial charge in [-0.05, 0) is 24.3 Å². The van der Waals surface area contributed by atoms with Crippen molar-refractivity contribution >= 4 is 47.5 Å². The number of rotatable bonds is 5. The Balaban J connectivity index is 1.40. The van der Waals surface area contributed by atoms with E-state index >= 15 is 0 Å². The maximum Gasteiger partial charge on any atom is 0.353 e. The second kappa shape index (κ2) is 7.61. The van der Waals surface area contributed by atoms with Crippen LogP contribution in [0.1, 0.15) is 20.7 Å². The number of β-lactam (4-membered cyclic amide) rings is 1. The molecule has 0 aliphatic carbocycles. The molecule has 2 atom stereocenters. The Bertz CT molecular complexity index is 1190. The summed E-state index contributed by atoms with van der Waals surface area (Å²) in [6.07, 6.45) is 2.92. The van der Waals surface area contributed by atoms with Crippen LogP contribution in [0.5, 0.6) is 0 Å². The summed E-state index contributed by atoms with van der Waals surface area (Å²) in [5.41, 5.74) is 3.31. The van der Waals surface area contributed by atoms with Gasteiger partial charge in [-0.25, -0.2) is 9.78 Å². The van der Waals surface area contributed by atoms with Crippen LogP contribution in [-0.2, 0) is 9.59 Å². The molecule has 3 aliphatic rings. The molecule has 3 amide bonds. The molecule has 32 heavy (non-hydrogen) atoms. The van der Waals surface area contributed by atoms with E-state index in [1.54, 1.807) is 36.5 Å². The van der Waals surface area contributed by atoms with Crippen molar-refractivity contribution in [3.8, 4) is 0 Å². The maximum absolute atomic E-state index is 13.0. The Kier molecular flexibility index (Phi) is 4.74. The van der Waals surface area contributed by atoms with Crippen molar-refractivity contribution < 1.29 is 24.3 Å². The van der Waals surface area contributed by atoms with E-state index in [1.165, 1.54) is 30.1 Å². The summed E-state index contributed by atoms with van der Waals surface area (Å²) in [5, 5.41) is 13.1. The Morgan fingerprint density at radius 1 is 1.09 bits per heavy atom. The number of thioether (sulfide) groups is 1. The highest BCUT2D eigenvalue weighted by Gasteiger charge is 2.59. The van der Waals surface area contributed by atoms with E-state index in [0.29, 0.717) is 11.4 Å². The molecule has 0 radical (unpaired) electrons. The average molecular weight is 449 g/mol. The monoisotopic (exact) mass is 449 g/mol.